The highest BCUT2D eigenvalue weighted by molar-refractivity contribution is 7.98. The number of rotatable bonds is 4. The standard InChI is InChI=1S/C16H16N2O3S/c1-21-16(20)18-13-7-5-12(6-8-13)17-15(19)11-3-9-14(22-2)10-4-11/h3-10H,1-2H3,(H,17,19)(H,18,20). The Balaban J connectivity index is 2.00. The van der Waals surface area contributed by atoms with Crippen molar-refractivity contribution < 1.29 is 14.3 Å². The summed E-state index contributed by atoms with van der Waals surface area (Å²) in [6, 6.07) is 14.2. The molecule has 0 atom stereocenters. The van der Waals surface area contributed by atoms with Crippen molar-refractivity contribution in [3.05, 3.63) is 54.1 Å². The molecule has 22 heavy (non-hydrogen) atoms. The predicted molar refractivity (Wildman–Crippen MR) is 88.6 cm³/mol. The highest BCUT2D eigenvalue weighted by atomic mass is 32.2. The second-order valence-corrected chi connectivity index (χ2v) is 5.26. The molecule has 0 fully saturated rings. The van der Waals surface area contributed by atoms with Gasteiger partial charge in [0.15, 0.2) is 0 Å². The maximum Gasteiger partial charge on any atom is 0.411 e. The van der Waals surface area contributed by atoms with Crippen molar-refractivity contribution in [2.45, 2.75) is 4.90 Å². The lowest BCUT2D eigenvalue weighted by Crippen LogP contribution is -2.12. The first kappa shape index (κ1) is 15.9. The van der Waals surface area contributed by atoms with Gasteiger partial charge in [0, 0.05) is 21.8 Å². The minimum absolute atomic E-state index is 0.179. The third kappa shape index (κ3) is 4.26. The summed E-state index contributed by atoms with van der Waals surface area (Å²) in [6.07, 6.45) is 1.45. The summed E-state index contributed by atoms with van der Waals surface area (Å²) >= 11 is 1.62. The molecule has 0 radical (unpaired) electrons. The Labute approximate surface area is 133 Å². The Morgan fingerprint density at radius 1 is 0.909 bits per heavy atom. The van der Waals surface area contributed by atoms with Gasteiger partial charge in [-0.25, -0.2) is 4.79 Å². The Morgan fingerprint density at radius 3 is 1.95 bits per heavy atom. The number of carbonyl (C=O) groups excluding carboxylic acids is 2. The van der Waals surface area contributed by atoms with E-state index in [1.54, 1.807) is 48.2 Å². The summed E-state index contributed by atoms with van der Waals surface area (Å²) in [6.45, 7) is 0. The largest absolute Gasteiger partial charge is 0.453 e. The van der Waals surface area contributed by atoms with E-state index in [1.807, 2.05) is 18.4 Å². The number of hydrogen-bond donors (Lipinski definition) is 2. The van der Waals surface area contributed by atoms with Crippen LogP contribution < -0.4 is 10.6 Å². The summed E-state index contributed by atoms with van der Waals surface area (Å²) in [5.74, 6) is -0.179. The van der Waals surface area contributed by atoms with Crippen molar-refractivity contribution in [3.63, 3.8) is 0 Å². The predicted octanol–water partition coefficient (Wildman–Crippen LogP) is 3.84. The molecule has 0 aromatic heterocycles. The van der Waals surface area contributed by atoms with Crippen LogP contribution in [-0.2, 0) is 4.74 Å². The first-order valence-electron chi connectivity index (χ1n) is 6.53. The quantitative estimate of drug-likeness (QED) is 0.841. The Morgan fingerprint density at radius 2 is 1.45 bits per heavy atom. The van der Waals surface area contributed by atoms with Crippen LogP contribution in [0, 0.1) is 0 Å². The van der Waals surface area contributed by atoms with Gasteiger partial charge in [0.05, 0.1) is 7.11 Å². The number of amides is 2. The highest BCUT2D eigenvalue weighted by Gasteiger charge is 2.06. The van der Waals surface area contributed by atoms with Gasteiger partial charge in [0.25, 0.3) is 5.91 Å². The molecule has 0 unspecified atom stereocenters. The van der Waals surface area contributed by atoms with Crippen LogP contribution in [0.15, 0.2) is 53.4 Å². The van der Waals surface area contributed by atoms with Crippen molar-refractivity contribution in [2.75, 3.05) is 24.0 Å². The van der Waals surface area contributed by atoms with Crippen molar-refractivity contribution in [2.24, 2.45) is 0 Å². The monoisotopic (exact) mass is 316 g/mol. The van der Waals surface area contributed by atoms with Gasteiger partial charge in [0.1, 0.15) is 0 Å². The maximum absolute atomic E-state index is 12.1. The first-order chi connectivity index (χ1) is 10.6. The summed E-state index contributed by atoms with van der Waals surface area (Å²) in [7, 11) is 1.30. The van der Waals surface area contributed by atoms with E-state index >= 15 is 0 Å². The molecule has 0 heterocycles. The van der Waals surface area contributed by atoms with Crippen LogP contribution in [-0.4, -0.2) is 25.4 Å². The van der Waals surface area contributed by atoms with Crippen LogP contribution in [0.5, 0.6) is 0 Å². The number of benzene rings is 2. The van der Waals surface area contributed by atoms with Gasteiger partial charge in [0.2, 0.25) is 0 Å². The number of nitrogens with one attached hydrogen (secondary N) is 2. The fourth-order valence-corrected chi connectivity index (χ4v) is 2.16. The average Bonchev–Trinajstić information content (AvgIpc) is 2.56. The molecule has 2 amide bonds. The van der Waals surface area contributed by atoms with Crippen LogP contribution in [0.3, 0.4) is 0 Å². The molecule has 0 spiro atoms. The van der Waals surface area contributed by atoms with E-state index in [4.69, 9.17) is 0 Å². The van der Waals surface area contributed by atoms with E-state index in [0.717, 1.165) is 4.90 Å². The summed E-state index contributed by atoms with van der Waals surface area (Å²) in [5.41, 5.74) is 1.83. The zero-order chi connectivity index (χ0) is 15.9. The molecule has 2 aromatic carbocycles. The van der Waals surface area contributed by atoms with Gasteiger partial charge in [-0.05, 0) is 54.8 Å². The second-order valence-electron chi connectivity index (χ2n) is 4.38. The molecule has 0 saturated carbocycles. The van der Waals surface area contributed by atoms with E-state index in [1.165, 1.54) is 7.11 Å². The van der Waals surface area contributed by atoms with Crippen LogP contribution >= 0.6 is 11.8 Å². The number of hydrogen-bond acceptors (Lipinski definition) is 4. The molecule has 0 aliphatic carbocycles. The van der Waals surface area contributed by atoms with Crippen LogP contribution in [0.4, 0.5) is 16.2 Å². The molecule has 114 valence electrons. The zero-order valence-electron chi connectivity index (χ0n) is 12.3. The maximum atomic E-state index is 12.1. The van der Waals surface area contributed by atoms with Crippen molar-refractivity contribution in [3.8, 4) is 0 Å². The highest BCUT2D eigenvalue weighted by Crippen LogP contribution is 2.17. The van der Waals surface area contributed by atoms with Crippen molar-refractivity contribution in [1.82, 2.24) is 0 Å². The zero-order valence-corrected chi connectivity index (χ0v) is 13.1. The van der Waals surface area contributed by atoms with Crippen LogP contribution in [0.25, 0.3) is 0 Å². The van der Waals surface area contributed by atoms with Crippen LogP contribution in [0.1, 0.15) is 10.4 Å². The molecule has 2 N–H and O–H groups in total. The summed E-state index contributed by atoms with van der Waals surface area (Å²) < 4.78 is 4.50. The van der Waals surface area contributed by atoms with Gasteiger partial charge >= 0.3 is 6.09 Å². The molecule has 2 aromatic rings. The van der Waals surface area contributed by atoms with Gasteiger partial charge in [-0.3, -0.25) is 10.1 Å². The van der Waals surface area contributed by atoms with Gasteiger partial charge < -0.3 is 10.1 Å². The number of carbonyl (C=O) groups is 2. The smallest absolute Gasteiger partial charge is 0.411 e. The normalized spacial score (nSPS) is 9.91. The van der Waals surface area contributed by atoms with Crippen molar-refractivity contribution >= 4 is 35.1 Å². The number of methoxy groups -OCH3 is 1. The van der Waals surface area contributed by atoms with Crippen molar-refractivity contribution in [1.29, 1.82) is 0 Å². The molecular weight excluding hydrogens is 300 g/mol. The third-order valence-electron chi connectivity index (χ3n) is 2.93. The van der Waals surface area contributed by atoms with E-state index < -0.39 is 6.09 Å². The third-order valence-corrected chi connectivity index (χ3v) is 3.67. The lowest BCUT2D eigenvalue weighted by atomic mass is 10.2. The SMILES string of the molecule is COC(=O)Nc1ccc(NC(=O)c2ccc(SC)cc2)cc1. The van der Waals surface area contributed by atoms with E-state index in [9.17, 15) is 9.59 Å². The minimum atomic E-state index is -0.536. The topological polar surface area (TPSA) is 67.4 Å². The second kappa shape index (κ2) is 7.51. The van der Waals surface area contributed by atoms with E-state index in [2.05, 4.69) is 15.4 Å². The molecule has 0 aliphatic heterocycles. The average molecular weight is 316 g/mol. The van der Waals surface area contributed by atoms with Gasteiger partial charge in [-0.1, -0.05) is 0 Å². The van der Waals surface area contributed by atoms with Crippen LogP contribution in [0.2, 0.25) is 0 Å². The summed E-state index contributed by atoms with van der Waals surface area (Å²) in [4.78, 5) is 24.3. The van der Waals surface area contributed by atoms with E-state index in [0.29, 0.717) is 16.9 Å². The fraction of sp³-hybridized carbons (Fsp3) is 0.125. The number of thioether (sulfide) groups is 1. The summed E-state index contributed by atoms with van der Waals surface area (Å²) in [5, 5.41) is 5.34. The molecule has 5 nitrogen and oxygen atoms in total. The Bertz CT molecular complexity index is 654. The lowest BCUT2D eigenvalue weighted by Gasteiger charge is -2.07. The Hall–Kier alpha value is -2.47. The van der Waals surface area contributed by atoms with Gasteiger partial charge in [-0.2, -0.15) is 0 Å². The fourth-order valence-electron chi connectivity index (χ4n) is 1.75. The molecule has 0 saturated heterocycles. The lowest BCUT2D eigenvalue weighted by molar-refractivity contribution is 0.102. The van der Waals surface area contributed by atoms with Gasteiger partial charge in [-0.15, -0.1) is 11.8 Å². The Kier molecular flexibility index (Phi) is 5.43. The molecule has 2 rings (SSSR count). The molecule has 0 bridgehead atoms. The van der Waals surface area contributed by atoms with E-state index in [-0.39, 0.29) is 5.91 Å². The molecule has 6 heteroatoms. The number of ether oxygens (including phenoxy) is 1. The first-order valence-corrected chi connectivity index (χ1v) is 7.75. The molecular formula is C16H16N2O3S. The molecule has 0 aliphatic rings. The minimum Gasteiger partial charge on any atom is -0.453 e. The number of anilines is 2.